The lowest BCUT2D eigenvalue weighted by Crippen LogP contribution is -2.32. The van der Waals surface area contributed by atoms with E-state index in [2.05, 4.69) is 20.8 Å². The van der Waals surface area contributed by atoms with E-state index in [1.165, 1.54) is 36.7 Å². The van der Waals surface area contributed by atoms with Crippen LogP contribution < -0.4 is 10.6 Å². The quantitative estimate of drug-likeness (QED) is 0.673. The van der Waals surface area contributed by atoms with Gasteiger partial charge in [-0.05, 0) is 17.7 Å². The van der Waals surface area contributed by atoms with E-state index in [4.69, 9.17) is 0 Å². The molecule has 2 rings (SSSR count). The number of aliphatic hydroxyl groups excluding tert-OH is 1. The molecule has 0 aliphatic rings. The third-order valence-electron chi connectivity index (χ3n) is 2.47. The Morgan fingerprint density at radius 2 is 2.16 bits per heavy atom. The fourth-order valence-electron chi connectivity index (χ4n) is 1.49. The van der Waals surface area contributed by atoms with Crippen LogP contribution in [0.4, 0.5) is 14.9 Å². The number of nitrogens with one attached hydrogen (secondary N) is 3. The molecular weight excluding hydrogens is 251 g/mol. The Labute approximate surface area is 108 Å². The van der Waals surface area contributed by atoms with Gasteiger partial charge in [0.15, 0.2) is 0 Å². The van der Waals surface area contributed by atoms with Crippen molar-refractivity contribution in [2.45, 2.75) is 6.10 Å². The molecule has 19 heavy (non-hydrogen) atoms. The molecule has 0 unspecified atom stereocenters. The molecule has 4 N–H and O–H groups in total. The molecule has 100 valence electrons. The molecule has 1 atom stereocenters. The maximum Gasteiger partial charge on any atom is 0.319 e. The number of amides is 2. The zero-order chi connectivity index (χ0) is 13.7. The molecule has 2 aromatic rings. The Kier molecular flexibility index (Phi) is 4.09. The third-order valence-corrected chi connectivity index (χ3v) is 2.47. The largest absolute Gasteiger partial charge is 0.387 e. The lowest BCUT2D eigenvalue weighted by molar-refractivity contribution is 0.175. The van der Waals surface area contributed by atoms with Crippen molar-refractivity contribution in [3.63, 3.8) is 0 Å². The van der Waals surface area contributed by atoms with Crippen LogP contribution in [0.15, 0.2) is 36.7 Å². The highest BCUT2D eigenvalue weighted by Crippen LogP contribution is 2.12. The summed E-state index contributed by atoms with van der Waals surface area (Å²) in [4.78, 5) is 11.5. The van der Waals surface area contributed by atoms with E-state index in [0.29, 0.717) is 11.3 Å². The Balaban J connectivity index is 1.81. The number of hydrogen-bond donors (Lipinski definition) is 4. The number of urea groups is 1. The van der Waals surface area contributed by atoms with Gasteiger partial charge in [-0.25, -0.2) is 9.18 Å². The molecule has 7 heteroatoms. The van der Waals surface area contributed by atoms with Crippen LogP contribution >= 0.6 is 0 Å². The van der Waals surface area contributed by atoms with Crippen molar-refractivity contribution >= 4 is 11.7 Å². The van der Waals surface area contributed by atoms with Crippen molar-refractivity contribution in [1.29, 1.82) is 0 Å². The zero-order valence-corrected chi connectivity index (χ0v) is 9.93. The number of rotatable bonds is 4. The van der Waals surface area contributed by atoms with Gasteiger partial charge in [-0.1, -0.05) is 12.1 Å². The van der Waals surface area contributed by atoms with Crippen LogP contribution in [0.5, 0.6) is 0 Å². The van der Waals surface area contributed by atoms with Gasteiger partial charge in [0.05, 0.1) is 18.0 Å². The number of H-pyrrole nitrogens is 1. The second-order valence-corrected chi connectivity index (χ2v) is 3.89. The van der Waals surface area contributed by atoms with E-state index in [9.17, 15) is 14.3 Å². The van der Waals surface area contributed by atoms with Crippen molar-refractivity contribution < 1.29 is 14.3 Å². The Morgan fingerprint density at radius 3 is 2.79 bits per heavy atom. The molecular formula is C12H13FN4O2. The van der Waals surface area contributed by atoms with E-state index in [1.807, 2.05) is 0 Å². The second-order valence-electron chi connectivity index (χ2n) is 3.89. The fraction of sp³-hybridized carbons (Fsp3) is 0.167. The van der Waals surface area contributed by atoms with Gasteiger partial charge >= 0.3 is 6.03 Å². The topological polar surface area (TPSA) is 90.0 Å². The Hall–Kier alpha value is -2.41. The first-order valence-corrected chi connectivity index (χ1v) is 5.62. The van der Waals surface area contributed by atoms with Crippen LogP contribution in [-0.2, 0) is 0 Å². The first-order chi connectivity index (χ1) is 9.15. The lowest BCUT2D eigenvalue weighted by atomic mass is 10.1. The highest BCUT2D eigenvalue weighted by Gasteiger charge is 2.09. The predicted molar refractivity (Wildman–Crippen MR) is 67.0 cm³/mol. The molecule has 2 amide bonds. The third kappa shape index (κ3) is 3.78. The molecule has 6 nitrogen and oxygen atoms in total. The summed E-state index contributed by atoms with van der Waals surface area (Å²) < 4.78 is 12.7. The van der Waals surface area contributed by atoms with E-state index in [-0.39, 0.29) is 12.4 Å². The number of aliphatic hydroxyl groups is 1. The number of carbonyl (C=O) groups excluding carboxylic acids is 1. The minimum absolute atomic E-state index is 0.0231. The van der Waals surface area contributed by atoms with E-state index < -0.39 is 12.1 Å². The van der Waals surface area contributed by atoms with E-state index in [0.717, 1.165) is 0 Å². The Bertz CT molecular complexity index is 527. The molecule has 0 fully saturated rings. The molecule has 1 aromatic heterocycles. The number of anilines is 1. The van der Waals surface area contributed by atoms with Gasteiger partial charge < -0.3 is 15.7 Å². The van der Waals surface area contributed by atoms with E-state index in [1.54, 1.807) is 0 Å². The number of nitrogens with zero attached hydrogens (tertiary/aromatic N) is 1. The first-order valence-electron chi connectivity index (χ1n) is 5.62. The normalized spacial score (nSPS) is 11.9. The van der Waals surface area contributed by atoms with Crippen molar-refractivity contribution in [2.75, 3.05) is 11.9 Å². The van der Waals surface area contributed by atoms with Crippen LogP contribution in [0, 0.1) is 5.82 Å². The van der Waals surface area contributed by atoms with Crippen LogP contribution in [0.2, 0.25) is 0 Å². The van der Waals surface area contributed by atoms with Crippen LogP contribution in [0.25, 0.3) is 0 Å². The molecule has 1 aromatic carbocycles. The van der Waals surface area contributed by atoms with Crippen LogP contribution in [0.3, 0.4) is 0 Å². The summed E-state index contributed by atoms with van der Waals surface area (Å²) >= 11 is 0. The monoisotopic (exact) mass is 264 g/mol. The maximum absolute atomic E-state index is 12.7. The van der Waals surface area contributed by atoms with Gasteiger partial charge in [-0.2, -0.15) is 5.10 Å². The summed E-state index contributed by atoms with van der Waals surface area (Å²) in [6.07, 6.45) is 2.09. The first kappa shape index (κ1) is 13.0. The van der Waals surface area contributed by atoms with E-state index >= 15 is 0 Å². The van der Waals surface area contributed by atoms with Crippen molar-refractivity contribution in [3.05, 3.63) is 48.0 Å². The van der Waals surface area contributed by atoms with Gasteiger partial charge in [-0.3, -0.25) is 5.10 Å². The lowest BCUT2D eigenvalue weighted by Gasteiger charge is -2.12. The molecule has 0 aliphatic heterocycles. The standard InChI is InChI=1S/C12H13FN4O2/c13-9-3-1-8(2-4-9)11(18)7-14-12(19)17-10-5-15-16-6-10/h1-6,11,18H,7H2,(H,15,16)(H2,14,17,19)/t11-/m0/s1. The van der Waals surface area contributed by atoms with Gasteiger partial charge in [0.25, 0.3) is 0 Å². The van der Waals surface area contributed by atoms with Crippen molar-refractivity contribution in [2.24, 2.45) is 0 Å². The molecule has 0 radical (unpaired) electrons. The van der Waals surface area contributed by atoms with Gasteiger partial charge in [-0.15, -0.1) is 0 Å². The minimum Gasteiger partial charge on any atom is -0.387 e. The number of carbonyl (C=O) groups is 1. The molecule has 0 aliphatic carbocycles. The zero-order valence-electron chi connectivity index (χ0n) is 9.93. The number of aromatic nitrogens is 2. The van der Waals surface area contributed by atoms with Gasteiger partial charge in [0.1, 0.15) is 5.82 Å². The maximum atomic E-state index is 12.7. The smallest absolute Gasteiger partial charge is 0.319 e. The summed E-state index contributed by atoms with van der Waals surface area (Å²) in [7, 11) is 0. The highest BCUT2D eigenvalue weighted by molar-refractivity contribution is 5.88. The average Bonchev–Trinajstić information content (AvgIpc) is 2.89. The molecule has 0 saturated heterocycles. The molecule has 1 heterocycles. The van der Waals surface area contributed by atoms with Gasteiger partial charge in [0, 0.05) is 12.7 Å². The second kappa shape index (κ2) is 5.96. The highest BCUT2D eigenvalue weighted by atomic mass is 19.1. The Morgan fingerprint density at radius 1 is 1.42 bits per heavy atom. The molecule has 0 spiro atoms. The number of aromatic amines is 1. The summed E-state index contributed by atoms with van der Waals surface area (Å²) in [5.74, 6) is -0.374. The summed E-state index contributed by atoms with van der Waals surface area (Å²) in [6.45, 7) is 0.0231. The number of halogens is 1. The number of hydrogen-bond acceptors (Lipinski definition) is 3. The molecule has 0 bridgehead atoms. The summed E-state index contributed by atoms with van der Waals surface area (Å²) in [5, 5.41) is 21.1. The number of benzene rings is 1. The molecule has 0 saturated carbocycles. The predicted octanol–water partition coefficient (Wildman–Crippen LogP) is 1.40. The van der Waals surface area contributed by atoms with Crippen molar-refractivity contribution in [1.82, 2.24) is 15.5 Å². The SMILES string of the molecule is O=C(NC[C@H](O)c1ccc(F)cc1)Nc1cn[nH]c1. The summed E-state index contributed by atoms with van der Waals surface area (Å²) in [6, 6.07) is 4.99. The van der Waals surface area contributed by atoms with Gasteiger partial charge in [0.2, 0.25) is 0 Å². The minimum atomic E-state index is -0.893. The van der Waals surface area contributed by atoms with Crippen molar-refractivity contribution in [3.8, 4) is 0 Å². The summed E-state index contributed by atoms with van der Waals surface area (Å²) in [5.41, 5.74) is 1.05. The average molecular weight is 264 g/mol. The van der Waals surface area contributed by atoms with Crippen LogP contribution in [0.1, 0.15) is 11.7 Å². The fourth-order valence-corrected chi connectivity index (χ4v) is 1.49. The van der Waals surface area contributed by atoms with Crippen LogP contribution in [-0.4, -0.2) is 27.9 Å².